The number of piperazine rings is 1. The van der Waals surface area contributed by atoms with E-state index < -0.39 is 0 Å². The molecule has 1 aromatic heterocycles. The van der Waals surface area contributed by atoms with E-state index in [2.05, 4.69) is 42.7 Å². The van der Waals surface area contributed by atoms with Crippen LogP contribution < -0.4 is 0 Å². The highest BCUT2D eigenvalue weighted by molar-refractivity contribution is 5.94. The molecule has 1 aromatic rings. The topological polar surface area (TPSA) is 39.7 Å². The summed E-state index contributed by atoms with van der Waals surface area (Å²) in [7, 11) is 4.19. The Balaban J connectivity index is 1.99. The summed E-state index contributed by atoms with van der Waals surface area (Å²) in [5, 5.41) is 0. The first-order valence-corrected chi connectivity index (χ1v) is 7.59. The Morgan fingerprint density at radius 1 is 1.24 bits per heavy atom. The average molecular weight is 290 g/mol. The van der Waals surface area contributed by atoms with E-state index in [4.69, 9.17) is 0 Å². The van der Waals surface area contributed by atoms with Crippen molar-refractivity contribution in [1.29, 1.82) is 0 Å². The summed E-state index contributed by atoms with van der Waals surface area (Å²) in [6, 6.07) is 4.35. The van der Waals surface area contributed by atoms with Crippen molar-refractivity contribution in [1.82, 2.24) is 19.7 Å². The molecule has 0 bridgehead atoms. The second-order valence-electron chi connectivity index (χ2n) is 6.19. The smallest absolute Gasteiger partial charge is 0.254 e. The maximum Gasteiger partial charge on any atom is 0.254 e. The van der Waals surface area contributed by atoms with Crippen LogP contribution in [0, 0.1) is 0 Å². The lowest BCUT2D eigenvalue weighted by Crippen LogP contribution is -2.59. The van der Waals surface area contributed by atoms with Gasteiger partial charge in [-0.25, -0.2) is 0 Å². The van der Waals surface area contributed by atoms with Crippen LogP contribution >= 0.6 is 0 Å². The van der Waals surface area contributed by atoms with Gasteiger partial charge in [-0.1, -0.05) is 0 Å². The largest absolute Gasteiger partial charge is 0.336 e. The third-order valence-electron chi connectivity index (χ3n) is 4.12. The highest BCUT2D eigenvalue weighted by atomic mass is 16.2. The van der Waals surface area contributed by atoms with Crippen molar-refractivity contribution in [3.8, 4) is 0 Å². The summed E-state index contributed by atoms with van der Waals surface area (Å²) in [6.07, 6.45) is 3.35. The van der Waals surface area contributed by atoms with Crippen LogP contribution in [0.1, 0.15) is 24.2 Å². The molecule has 1 aliphatic heterocycles. The van der Waals surface area contributed by atoms with Gasteiger partial charge in [-0.2, -0.15) is 0 Å². The third-order valence-corrected chi connectivity index (χ3v) is 4.12. The number of hydrogen-bond acceptors (Lipinski definition) is 4. The molecule has 1 amide bonds. The minimum Gasteiger partial charge on any atom is -0.336 e. The molecule has 2 heterocycles. The molecule has 0 N–H and O–H groups in total. The van der Waals surface area contributed by atoms with Crippen molar-refractivity contribution in [2.24, 2.45) is 0 Å². The lowest BCUT2D eigenvalue weighted by atomic mass is 10.1. The van der Waals surface area contributed by atoms with Crippen LogP contribution in [-0.2, 0) is 0 Å². The zero-order chi connectivity index (χ0) is 15.4. The number of amides is 1. The molecule has 1 aliphatic rings. The third kappa shape index (κ3) is 4.02. The van der Waals surface area contributed by atoms with Gasteiger partial charge in [-0.15, -0.1) is 0 Å². The van der Waals surface area contributed by atoms with E-state index in [1.165, 1.54) is 0 Å². The summed E-state index contributed by atoms with van der Waals surface area (Å²) < 4.78 is 0. The molecule has 0 saturated carbocycles. The number of carbonyl (C=O) groups is 1. The Kier molecular flexibility index (Phi) is 5.31. The van der Waals surface area contributed by atoms with E-state index in [-0.39, 0.29) is 5.91 Å². The van der Waals surface area contributed by atoms with Gasteiger partial charge in [-0.05, 0) is 40.1 Å². The molecule has 2 atom stereocenters. The fraction of sp³-hybridized carbons (Fsp3) is 0.625. The highest BCUT2D eigenvalue weighted by Crippen LogP contribution is 2.17. The van der Waals surface area contributed by atoms with Gasteiger partial charge in [-0.3, -0.25) is 14.7 Å². The Bertz CT molecular complexity index is 451. The number of hydrogen-bond donors (Lipinski definition) is 0. The van der Waals surface area contributed by atoms with Crippen molar-refractivity contribution < 1.29 is 4.79 Å². The quantitative estimate of drug-likeness (QED) is 0.835. The SMILES string of the molecule is CC1CN(C(=O)c2ccncc2)CC(C)N1CCN(C)C. The van der Waals surface area contributed by atoms with Crippen molar-refractivity contribution >= 4 is 5.91 Å². The molecular weight excluding hydrogens is 264 g/mol. The molecule has 0 aromatic carbocycles. The fourth-order valence-corrected chi connectivity index (χ4v) is 2.96. The van der Waals surface area contributed by atoms with Gasteiger partial charge in [0.1, 0.15) is 0 Å². The number of nitrogens with zero attached hydrogens (tertiary/aromatic N) is 4. The summed E-state index contributed by atoms with van der Waals surface area (Å²) in [6.45, 7) is 8.09. The van der Waals surface area contributed by atoms with E-state index >= 15 is 0 Å². The van der Waals surface area contributed by atoms with Gasteiger partial charge in [0.05, 0.1) is 0 Å². The minimum atomic E-state index is 0.114. The highest BCUT2D eigenvalue weighted by Gasteiger charge is 2.31. The molecule has 1 saturated heterocycles. The molecule has 21 heavy (non-hydrogen) atoms. The molecule has 0 radical (unpaired) electrons. The van der Waals surface area contributed by atoms with Gasteiger partial charge in [0.25, 0.3) is 5.91 Å². The van der Waals surface area contributed by atoms with E-state index in [9.17, 15) is 4.79 Å². The summed E-state index contributed by atoms with van der Waals surface area (Å²) in [5.74, 6) is 0.114. The lowest BCUT2D eigenvalue weighted by molar-refractivity contribution is 0.0283. The summed E-state index contributed by atoms with van der Waals surface area (Å²) in [4.78, 5) is 23.2. The minimum absolute atomic E-state index is 0.114. The van der Waals surface area contributed by atoms with Crippen molar-refractivity contribution in [2.75, 3.05) is 40.3 Å². The summed E-state index contributed by atoms with van der Waals surface area (Å²) in [5.41, 5.74) is 0.728. The van der Waals surface area contributed by atoms with Crippen LogP contribution in [-0.4, -0.2) is 77.9 Å². The van der Waals surface area contributed by atoms with Crippen LogP contribution in [0.3, 0.4) is 0 Å². The molecule has 2 rings (SSSR count). The lowest BCUT2D eigenvalue weighted by Gasteiger charge is -2.44. The molecule has 0 aliphatic carbocycles. The molecule has 0 spiro atoms. The first-order chi connectivity index (χ1) is 9.99. The Morgan fingerprint density at radius 3 is 2.33 bits per heavy atom. The van der Waals surface area contributed by atoms with E-state index in [0.29, 0.717) is 12.1 Å². The number of carbonyl (C=O) groups excluding carboxylic acids is 1. The fourth-order valence-electron chi connectivity index (χ4n) is 2.96. The normalized spacial score (nSPS) is 23.6. The molecule has 116 valence electrons. The van der Waals surface area contributed by atoms with Crippen LogP contribution in [0.4, 0.5) is 0 Å². The number of aromatic nitrogens is 1. The number of likely N-dealkylation sites (N-methyl/N-ethyl adjacent to an activating group) is 1. The van der Waals surface area contributed by atoms with Gasteiger partial charge < -0.3 is 9.80 Å². The first kappa shape index (κ1) is 15.9. The van der Waals surface area contributed by atoms with E-state index in [1.807, 2.05) is 4.90 Å². The van der Waals surface area contributed by atoms with E-state index in [0.717, 1.165) is 31.7 Å². The average Bonchev–Trinajstić information content (AvgIpc) is 2.46. The Morgan fingerprint density at radius 2 is 1.81 bits per heavy atom. The molecule has 5 nitrogen and oxygen atoms in total. The van der Waals surface area contributed by atoms with Crippen molar-refractivity contribution in [3.63, 3.8) is 0 Å². The standard InChI is InChI=1S/C16H26N4O/c1-13-11-19(16(21)15-5-7-17-8-6-15)12-14(2)20(13)10-9-18(3)4/h5-8,13-14H,9-12H2,1-4H3. The van der Waals surface area contributed by atoms with E-state index in [1.54, 1.807) is 24.5 Å². The van der Waals surface area contributed by atoms with Crippen LogP contribution in [0.15, 0.2) is 24.5 Å². The van der Waals surface area contributed by atoms with Crippen LogP contribution in [0.2, 0.25) is 0 Å². The molecule has 2 unspecified atom stereocenters. The van der Waals surface area contributed by atoms with Crippen LogP contribution in [0.5, 0.6) is 0 Å². The molecular formula is C16H26N4O. The van der Waals surface area contributed by atoms with Gasteiger partial charge in [0.2, 0.25) is 0 Å². The second-order valence-corrected chi connectivity index (χ2v) is 6.19. The second kappa shape index (κ2) is 7.00. The molecule has 5 heteroatoms. The summed E-state index contributed by atoms with van der Waals surface area (Å²) >= 11 is 0. The zero-order valence-electron chi connectivity index (χ0n) is 13.5. The maximum absolute atomic E-state index is 12.5. The van der Waals surface area contributed by atoms with Gasteiger partial charge >= 0.3 is 0 Å². The Labute approximate surface area is 127 Å². The predicted octanol–water partition coefficient (Wildman–Crippen LogP) is 1.18. The monoisotopic (exact) mass is 290 g/mol. The Hall–Kier alpha value is -1.46. The number of rotatable bonds is 4. The zero-order valence-corrected chi connectivity index (χ0v) is 13.5. The van der Waals surface area contributed by atoms with Crippen LogP contribution in [0.25, 0.3) is 0 Å². The van der Waals surface area contributed by atoms with Crippen molar-refractivity contribution in [3.05, 3.63) is 30.1 Å². The first-order valence-electron chi connectivity index (χ1n) is 7.59. The van der Waals surface area contributed by atoms with Gasteiger partial charge in [0.15, 0.2) is 0 Å². The van der Waals surface area contributed by atoms with Crippen molar-refractivity contribution in [2.45, 2.75) is 25.9 Å². The maximum atomic E-state index is 12.5. The number of pyridine rings is 1. The predicted molar refractivity (Wildman–Crippen MR) is 84.3 cm³/mol. The molecule has 1 fully saturated rings. The van der Waals surface area contributed by atoms with Gasteiger partial charge in [0, 0.05) is 56.2 Å².